The maximum Gasteiger partial charge on any atom is 0.411 e. The topological polar surface area (TPSA) is 113 Å². The number of fused-ring (bicyclic) bond motifs is 6. The van der Waals surface area contributed by atoms with Crippen molar-refractivity contribution in [2.45, 2.75) is 61.9 Å². The number of pyridine rings is 1. The fourth-order valence-electron chi connectivity index (χ4n) is 7.54. The number of anilines is 1. The van der Waals surface area contributed by atoms with E-state index in [1.807, 2.05) is 4.90 Å². The van der Waals surface area contributed by atoms with Gasteiger partial charge in [0.2, 0.25) is 5.88 Å². The van der Waals surface area contributed by atoms with Crippen molar-refractivity contribution in [3.8, 4) is 11.6 Å². The molecule has 2 aliphatic carbocycles. The van der Waals surface area contributed by atoms with Gasteiger partial charge in [-0.05, 0) is 43.9 Å². The molecule has 2 bridgehead atoms. The highest BCUT2D eigenvalue weighted by Gasteiger charge is 2.58. The number of likely N-dealkylation sites (tertiary alicyclic amines) is 1. The molecule has 11 heteroatoms. The molecule has 2 aromatic rings. The Morgan fingerprint density at radius 3 is 2.92 bits per heavy atom. The molecular weight excluding hydrogens is 476 g/mol. The first kappa shape index (κ1) is 22.1. The number of methoxy groups -OCH3 is 1. The summed E-state index contributed by atoms with van der Waals surface area (Å²) in [5, 5.41) is 10.7. The molecule has 2 aromatic heterocycles. The molecule has 3 saturated heterocycles. The summed E-state index contributed by atoms with van der Waals surface area (Å²) in [4.78, 5) is 33.9. The summed E-state index contributed by atoms with van der Waals surface area (Å²) in [7, 11) is 1.61. The maximum absolute atomic E-state index is 13.7. The molecule has 2 saturated carbocycles. The van der Waals surface area contributed by atoms with Crippen molar-refractivity contribution in [3.05, 3.63) is 12.5 Å². The van der Waals surface area contributed by atoms with Gasteiger partial charge in [0.1, 0.15) is 35.3 Å². The van der Waals surface area contributed by atoms with Gasteiger partial charge in [-0.15, -0.1) is 0 Å². The van der Waals surface area contributed by atoms with Gasteiger partial charge in [0.25, 0.3) is 0 Å². The highest BCUT2D eigenvalue weighted by atomic mass is 16.6. The zero-order valence-electron chi connectivity index (χ0n) is 21.0. The number of hydrogen-bond donors (Lipinski definition) is 1. The van der Waals surface area contributed by atoms with Crippen LogP contribution in [-0.4, -0.2) is 106 Å². The summed E-state index contributed by atoms with van der Waals surface area (Å²) >= 11 is 0. The van der Waals surface area contributed by atoms with Crippen LogP contribution < -0.4 is 14.4 Å². The van der Waals surface area contributed by atoms with E-state index in [0.717, 1.165) is 55.9 Å². The lowest BCUT2D eigenvalue weighted by Crippen LogP contribution is -2.63. The van der Waals surface area contributed by atoms with Crippen LogP contribution in [0.2, 0.25) is 0 Å². The smallest absolute Gasteiger partial charge is 0.411 e. The molecule has 6 atom stereocenters. The molecular formula is C26H32N6O5. The molecule has 196 valence electrons. The average molecular weight is 509 g/mol. The number of ether oxygens (including phenoxy) is 3. The summed E-state index contributed by atoms with van der Waals surface area (Å²) in [6.45, 7) is 3.02. The van der Waals surface area contributed by atoms with Crippen molar-refractivity contribution in [1.29, 1.82) is 0 Å². The largest absolute Gasteiger partial charge is 0.493 e. The Balaban J connectivity index is 1.04. The summed E-state index contributed by atoms with van der Waals surface area (Å²) in [6.07, 6.45) is 7.85. The van der Waals surface area contributed by atoms with E-state index in [1.165, 1.54) is 6.42 Å². The highest BCUT2D eigenvalue weighted by molar-refractivity contribution is 5.97. The van der Waals surface area contributed by atoms with E-state index in [2.05, 4.69) is 24.8 Å². The van der Waals surface area contributed by atoms with Crippen LogP contribution in [-0.2, 0) is 4.74 Å². The molecule has 6 unspecified atom stereocenters. The number of aromatic nitrogens is 3. The number of nitrogens with zero attached hydrogens (tertiary/aromatic N) is 6. The van der Waals surface area contributed by atoms with E-state index in [0.29, 0.717) is 36.2 Å². The van der Waals surface area contributed by atoms with Gasteiger partial charge < -0.3 is 24.2 Å². The molecule has 4 aliphatic heterocycles. The Morgan fingerprint density at radius 1 is 1.22 bits per heavy atom. The van der Waals surface area contributed by atoms with E-state index < -0.39 is 5.60 Å². The molecule has 8 rings (SSSR count). The lowest BCUT2D eigenvalue weighted by atomic mass is 10.0. The number of piperazine rings is 1. The summed E-state index contributed by atoms with van der Waals surface area (Å²) in [5.41, 5.74) is 0.275. The number of aliphatic hydroxyl groups is 1. The minimum Gasteiger partial charge on any atom is -0.493 e. The summed E-state index contributed by atoms with van der Waals surface area (Å²) in [6, 6.07) is 0.207. The van der Waals surface area contributed by atoms with Crippen molar-refractivity contribution in [2.24, 2.45) is 11.8 Å². The van der Waals surface area contributed by atoms with E-state index in [9.17, 15) is 9.90 Å². The monoisotopic (exact) mass is 508 g/mol. The first-order valence-electron chi connectivity index (χ1n) is 13.5. The number of amides is 1. The lowest BCUT2D eigenvalue weighted by Gasteiger charge is -2.46. The van der Waals surface area contributed by atoms with Gasteiger partial charge in [-0.2, -0.15) is 0 Å². The van der Waals surface area contributed by atoms with E-state index in [1.54, 1.807) is 19.6 Å². The first-order valence-corrected chi connectivity index (χ1v) is 13.5. The summed E-state index contributed by atoms with van der Waals surface area (Å²) < 4.78 is 18.0. The van der Waals surface area contributed by atoms with E-state index in [-0.39, 0.29) is 36.9 Å². The Hall–Kier alpha value is -2.92. The van der Waals surface area contributed by atoms with Crippen molar-refractivity contribution >= 4 is 22.8 Å². The molecule has 0 radical (unpaired) electrons. The van der Waals surface area contributed by atoms with Gasteiger partial charge in [-0.1, -0.05) is 0 Å². The second-order valence-corrected chi connectivity index (χ2v) is 11.7. The zero-order chi connectivity index (χ0) is 24.9. The Kier molecular flexibility index (Phi) is 4.66. The highest BCUT2D eigenvalue weighted by Crippen LogP contribution is 2.52. The Bertz CT molecular complexity index is 1270. The zero-order valence-corrected chi connectivity index (χ0v) is 21.0. The normalized spacial score (nSPS) is 34.4. The SMILES string of the molecule is COc1cnc2c3c(ncnc13)N1CC3CCC(C1CO2)N3C(=O)OC1(CN2CC3CC3C2CO)CC1. The number of hydrogen-bond acceptors (Lipinski definition) is 10. The molecule has 1 N–H and O–H groups in total. The van der Waals surface area contributed by atoms with Crippen LogP contribution >= 0.6 is 0 Å². The first-order chi connectivity index (χ1) is 18.1. The predicted molar refractivity (Wildman–Crippen MR) is 132 cm³/mol. The van der Waals surface area contributed by atoms with Crippen LogP contribution in [0.3, 0.4) is 0 Å². The predicted octanol–water partition coefficient (Wildman–Crippen LogP) is 1.43. The molecule has 5 fully saturated rings. The van der Waals surface area contributed by atoms with Crippen LogP contribution in [0.1, 0.15) is 32.1 Å². The molecule has 0 aromatic carbocycles. The van der Waals surface area contributed by atoms with Gasteiger partial charge in [0, 0.05) is 25.7 Å². The van der Waals surface area contributed by atoms with Gasteiger partial charge in [0.05, 0.1) is 38.0 Å². The Morgan fingerprint density at radius 2 is 2.11 bits per heavy atom. The molecule has 6 heterocycles. The molecule has 0 spiro atoms. The summed E-state index contributed by atoms with van der Waals surface area (Å²) in [5.74, 6) is 3.23. The number of piperidine rings is 1. The van der Waals surface area contributed by atoms with Crippen LogP contribution in [0.5, 0.6) is 11.6 Å². The molecule has 37 heavy (non-hydrogen) atoms. The number of aliphatic hydroxyl groups excluding tert-OH is 1. The second-order valence-electron chi connectivity index (χ2n) is 11.7. The van der Waals surface area contributed by atoms with Gasteiger partial charge in [-0.3, -0.25) is 9.80 Å². The third kappa shape index (κ3) is 3.26. The average Bonchev–Trinajstić information content (AvgIpc) is 3.80. The van der Waals surface area contributed by atoms with Crippen molar-refractivity contribution in [2.75, 3.05) is 44.9 Å². The fourth-order valence-corrected chi connectivity index (χ4v) is 7.54. The van der Waals surface area contributed by atoms with Gasteiger partial charge in [0.15, 0.2) is 5.75 Å². The van der Waals surface area contributed by atoms with Crippen molar-refractivity contribution in [1.82, 2.24) is 24.8 Å². The minimum absolute atomic E-state index is 0.0205. The standard InChI is InChI=1S/C26H32N6O5/c1-35-20-7-27-24-21-22(20)28-13-29-23(21)31-9-15-2-3-17(19(31)11-36-24)32(15)25(34)37-26(4-5-26)12-30-8-14-6-16(14)18(30)10-33/h7,13-19,33H,2-6,8-12H2,1H3. The maximum atomic E-state index is 13.7. The Labute approximate surface area is 214 Å². The number of carbonyl (C=O) groups is 1. The fraction of sp³-hybridized carbons (Fsp3) is 0.692. The third-order valence-corrected chi connectivity index (χ3v) is 9.66. The van der Waals surface area contributed by atoms with Crippen LogP contribution in [0.25, 0.3) is 10.9 Å². The number of rotatable bonds is 5. The van der Waals surface area contributed by atoms with Crippen LogP contribution in [0, 0.1) is 11.8 Å². The van der Waals surface area contributed by atoms with Gasteiger partial charge >= 0.3 is 6.09 Å². The van der Waals surface area contributed by atoms with Crippen molar-refractivity contribution < 1.29 is 24.1 Å². The van der Waals surface area contributed by atoms with Gasteiger partial charge in [-0.25, -0.2) is 19.7 Å². The quantitative estimate of drug-likeness (QED) is 0.636. The second kappa shape index (κ2) is 7.80. The van der Waals surface area contributed by atoms with E-state index >= 15 is 0 Å². The van der Waals surface area contributed by atoms with Crippen molar-refractivity contribution in [3.63, 3.8) is 0 Å². The molecule has 6 aliphatic rings. The molecule has 1 amide bonds. The van der Waals surface area contributed by atoms with E-state index in [4.69, 9.17) is 14.2 Å². The number of carbonyl (C=O) groups excluding carboxylic acids is 1. The van der Waals surface area contributed by atoms with Crippen LogP contribution in [0.15, 0.2) is 12.5 Å². The van der Waals surface area contributed by atoms with Crippen LogP contribution in [0.4, 0.5) is 10.6 Å². The lowest BCUT2D eigenvalue weighted by molar-refractivity contribution is 0.00216. The molecule has 11 nitrogen and oxygen atoms in total. The third-order valence-electron chi connectivity index (χ3n) is 9.66. The minimum atomic E-state index is -0.409.